The molecule has 2 aromatic carbocycles. The lowest BCUT2D eigenvalue weighted by Crippen LogP contribution is -2.27. The highest BCUT2D eigenvalue weighted by Gasteiger charge is 2.14. The molecule has 20 heavy (non-hydrogen) atoms. The number of halogens is 3. The fraction of sp³-hybridized carbons (Fsp3) is 0.133. The number of hydrogen-bond donors (Lipinski definition) is 1. The molecule has 0 aliphatic rings. The second-order valence-electron chi connectivity index (χ2n) is 4.37. The van der Waals surface area contributed by atoms with Crippen LogP contribution in [0.1, 0.15) is 28.9 Å². The van der Waals surface area contributed by atoms with Gasteiger partial charge in [0.15, 0.2) is 0 Å². The van der Waals surface area contributed by atoms with Crippen molar-refractivity contribution in [3.8, 4) is 0 Å². The zero-order valence-corrected chi connectivity index (χ0v) is 12.2. The summed E-state index contributed by atoms with van der Waals surface area (Å²) in [6.45, 7) is 1.78. The first-order valence-electron chi connectivity index (χ1n) is 5.99. The van der Waals surface area contributed by atoms with E-state index < -0.39 is 11.7 Å². The molecule has 104 valence electrons. The predicted octanol–water partition coefficient (Wildman–Crippen LogP) is 4.22. The van der Waals surface area contributed by atoms with E-state index in [-0.39, 0.29) is 17.4 Å². The fourth-order valence-corrected chi connectivity index (χ4v) is 2.21. The molecule has 1 amide bonds. The van der Waals surface area contributed by atoms with Gasteiger partial charge in [0.2, 0.25) is 0 Å². The average molecular weight is 340 g/mol. The number of hydrogen-bond acceptors (Lipinski definition) is 1. The molecule has 2 rings (SSSR count). The Labute approximate surface area is 123 Å². The van der Waals surface area contributed by atoms with E-state index in [2.05, 4.69) is 21.2 Å². The van der Waals surface area contributed by atoms with Gasteiger partial charge >= 0.3 is 0 Å². The quantitative estimate of drug-likeness (QED) is 0.891. The molecule has 0 saturated heterocycles. The predicted molar refractivity (Wildman–Crippen MR) is 76.4 cm³/mol. The van der Waals surface area contributed by atoms with Crippen molar-refractivity contribution in [3.63, 3.8) is 0 Å². The Morgan fingerprint density at radius 3 is 2.35 bits per heavy atom. The van der Waals surface area contributed by atoms with Gasteiger partial charge in [0.25, 0.3) is 5.91 Å². The summed E-state index contributed by atoms with van der Waals surface area (Å²) in [7, 11) is 0. The standard InChI is InChI=1S/C15H12BrF2NO/c1-9(10-2-4-11(17)5-3-10)19-15(20)13-8-12(18)6-7-14(13)16/h2-9H,1H3,(H,19,20). The van der Waals surface area contributed by atoms with Crippen LogP contribution in [-0.2, 0) is 0 Å². The molecule has 0 aromatic heterocycles. The second-order valence-corrected chi connectivity index (χ2v) is 5.23. The van der Waals surface area contributed by atoms with Crippen LogP contribution in [-0.4, -0.2) is 5.91 Å². The number of amides is 1. The summed E-state index contributed by atoms with van der Waals surface area (Å²) in [4.78, 5) is 12.1. The molecule has 1 unspecified atom stereocenters. The highest BCUT2D eigenvalue weighted by Crippen LogP contribution is 2.19. The van der Waals surface area contributed by atoms with Crippen molar-refractivity contribution >= 4 is 21.8 Å². The van der Waals surface area contributed by atoms with Crippen molar-refractivity contribution in [1.82, 2.24) is 5.32 Å². The van der Waals surface area contributed by atoms with E-state index in [0.29, 0.717) is 4.47 Å². The van der Waals surface area contributed by atoms with E-state index in [4.69, 9.17) is 0 Å². The summed E-state index contributed by atoms with van der Waals surface area (Å²) in [5, 5.41) is 2.74. The minimum atomic E-state index is -0.479. The summed E-state index contributed by atoms with van der Waals surface area (Å²) in [5.74, 6) is -1.21. The molecule has 0 aliphatic heterocycles. The first kappa shape index (κ1) is 14.7. The van der Waals surface area contributed by atoms with Crippen molar-refractivity contribution in [2.75, 3.05) is 0 Å². The maximum Gasteiger partial charge on any atom is 0.253 e. The van der Waals surface area contributed by atoms with E-state index in [1.807, 2.05) is 0 Å². The lowest BCUT2D eigenvalue weighted by molar-refractivity contribution is 0.0938. The molecule has 0 bridgehead atoms. The molecule has 2 aromatic rings. The second kappa shape index (κ2) is 6.13. The third-order valence-corrected chi connectivity index (χ3v) is 3.58. The minimum Gasteiger partial charge on any atom is -0.345 e. The Bertz CT molecular complexity index is 628. The monoisotopic (exact) mass is 339 g/mol. The van der Waals surface area contributed by atoms with Gasteiger partial charge in [-0.3, -0.25) is 4.79 Å². The molecular weight excluding hydrogens is 328 g/mol. The van der Waals surface area contributed by atoms with E-state index in [1.165, 1.54) is 24.3 Å². The van der Waals surface area contributed by atoms with Gasteiger partial charge in [-0.15, -0.1) is 0 Å². The summed E-state index contributed by atoms with van der Waals surface area (Å²) in [5.41, 5.74) is 0.992. The number of rotatable bonds is 3. The first-order chi connectivity index (χ1) is 9.47. The van der Waals surface area contributed by atoms with Crippen molar-refractivity contribution in [2.45, 2.75) is 13.0 Å². The van der Waals surface area contributed by atoms with Crippen molar-refractivity contribution in [2.24, 2.45) is 0 Å². The Morgan fingerprint density at radius 2 is 1.70 bits per heavy atom. The molecule has 0 saturated carbocycles. The van der Waals surface area contributed by atoms with Crippen LogP contribution in [0.4, 0.5) is 8.78 Å². The van der Waals surface area contributed by atoms with Crippen molar-refractivity contribution < 1.29 is 13.6 Å². The average Bonchev–Trinajstić information content (AvgIpc) is 2.42. The zero-order valence-electron chi connectivity index (χ0n) is 10.7. The molecule has 0 fully saturated rings. The molecule has 0 spiro atoms. The highest BCUT2D eigenvalue weighted by atomic mass is 79.9. The summed E-state index contributed by atoms with van der Waals surface area (Å²) in [6, 6.07) is 9.46. The van der Waals surface area contributed by atoms with Crippen LogP contribution >= 0.6 is 15.9 Å². The SMILES string of the molecule is CC(NC(=O)c1cc(F)ccc1Br)c1ccc(F)cc1. The fourth-order valence-electron chi connectivity index (χ4n) is 1.78. The van der Waals surface area contributed by atoms with Crippen LogP contribution in [0, 0.1) is 11.6 Å². The Kier molecular flexibility index (Phi) is 4.49. The van der Waals surface area contributed by atoms with Crippen LogP contribution < -0.4 is 5.32 Å². The first-order valence-corrected chi connectivity index (χ1v) is 6.78. The smallest absolute Gasteiger partial charge is 0.253 e. The Balaban J connectivity index is 2.15. The topological polar surface area (TPSA) is 29.1 Å². The van der Waals surface area contributed by atoms with E-state index in [0.717, 1.165) is 11.6 Å². The maximum atomic E-state index is 13.2. The van der Waals surface area contributed by atoms with Crippen LogP contribution in [0.15, 0.2) is 46.9 Å². The summed E-state index contributed by atoms with van der Waals surface area (Å²) in [6.07, 6.45) is 0. The van der Waals surface area contributed by atoms with Crippen molar-refractivity contribution in [3.05, 3.63) is 69.7 Å². The van der Waals surface area contributed by atoms with Gasteiger partial charge in [0.1, 0.15) is 11.6 Å². The molecule has 0 radical (unpaired) electrons. The van der Waals surface area contributed by atoms with Gasteiger partial charge in [-0.25, -0.2) is 8.78 Å². The van der Waals surface area contributed by atoms with E-state index >= 15 is 0 Å². The number of nitrogens with one attached hydrogen (secondary N) is 1. The van der Waals surface area contributed by atoms with Crippen LogP contribution in [0.2, 0.25) is 0 Å². The third kappa shape index (κ3) is 3.42. The Hall–Kier alpha value is -1.75. The summed E-state index contributed by atoms with van der Waals surface area (Å²) >= 11 is 3.21. The lowest BCUT2D eigenvalue weighted by Gasteiger charge is -2.15. The van der Waals surface area contributed by atoms with Crippen LogP contribution in [0.5, 0.6) is 0 Å². The molecule has 1 N–H and O–H groups in total. The molecule has 2 nitrogen and oxygen atoms in total. The van der Waals surface area contributed by atoms with Crippen molar-refractivity contribution in [1.29, 1.82) is 0 Å². The number of benzene rings is 2. The molecule has 0 heterocycles. The normalized spacial score (nSPS) is 12.0. The van der Waals surface area contributed by atoms with E-state index in [1.54, 1.807) is 19.1 Å². The largest absolute Gasteiger partial charge is 0.345 e. The van der Waals surface area contributed by atoms with Gasteiger partial charge in [-0.2, -0.15) is 0 Å². The molecule has 0 aliphatic carbocycles. The highest BCUT2D eigenvalue weighted by molar-refractivity contribution is 9.10. The maximum absolute atomic E-state index is 13.2. The molecule has 5 heteroatoms. The van der Waals surface area contributed by atoms with Gasteiger partial charge in [-0.1, -0.05) is 12.1 Å². The molecule has 1 atom stereocenters. The van der Waals surface area contributed by atoms with Crippen LogP contribution in [0.3, 0.4) is 0 Å². The number of carbonyl (C=O) groups is 1. The lowest BCUT2D eigenvalue weighted by atomic mass is 10.1. The van der Waals surface area contributed by atoms with Gasteiger partial charge in [0, 0.05) is 4.47 Å². The molecular formula is C15H12BrF2NO. The van der Waals surface area contributed by atoms with Gasteiger partial charge in [0.05, 0.1) is 11.6 Å². The number of carbonyl (C=O) groups excluding carboxylic acids is 1. The summed E-state index contributed by atoms with van der Waals surface area (Å²) < 4.78 is 26.5. The van der Waals surface area contributed by atoms with E-state index in [9.17, 15) is 13.6 Å². The van der Waals surface area contributed by atoms with Gasteiger partial charge < -0.3 is 5.32 Å². The third-order valence-electron chi connectivity index (χ3n) is 2.89. The van der Waals surface area contributed by atoms with Gasteiger partial charge in [-0.05, 0) is 58.7 Å². The van der Waals surface area contributed by atoms with Crippen LogP contribution in [0.25, 0.3) is 0 Å². The zero-order chi connectivity index (χ0) is 14.7. The Morgan fingerprint density at radius 1 is 1.10 bits per heavy atom. The minimum absolute atomic E-state index is 0.221.